The van der Waals surface area contributed by atoms with Gasteiger partial charge in [-0.05, 0) is 46.1 Å². The Labute approximate surface area is 75.6 Å². The van der Waals surface area contributed by atoms with Gasteiger partial charge in [-0.15, -0.1) is 0 Å². The summed E-state index contributed by atoms with van der Waals surface area (Å²) < 4.78 is 0. The van der Waals surface area contributed by atoms with Gasteiger partial charge in [-0.3, -0.25) is 4.90 Å². The summed E-state index contributed by atoms with van der Waals surface area (Å²) in [5.74, 6) is 0.501. The van der Waals surface area contributed by atoms with E-state index in [2.05, 4.69) is 25.7 Å². The van der Waals surface area contributed by atoms with Gasteiger partial charge in [-0.2, -0.15) is 0 Å². The predicted molar refractivity (Wildman–Crippen MR) is 51.1 cm³/mol. The molecule has 1 aliphatic rings. The lowest BCUT2D eigenvalue weighted by atomic mass is 9.90. The van der Waals surface area contributed by atoms with E-state index in [4.69, 9.17) is 5.11 Å². The molecule has 0 radical (unpaired) electrons. The summed E-state index contributed by atoms with van der Waals surface area (Å²) in [6, 6.07) is 1.18. The molecule has 2 atom stereocenters. The summed E-state index contributed by atoms with van der Waals surface area (Å²) in [7, 11) is 0. The van der Waals surface area contributed by atoms with Crippen LogP contribution < -0.4 is 0 Å². The smallest absolute Gasteiger partial charge is 0.0474 e. The summed E-state index contributed by atoms with van der Waals surface area (Å²) in [5, 5.41) is 9.13. The molecule has 2 heteroatoms. The van der Waals surface area contributed by atoms with Crippen LogP contribution in [-0.4, -0.2) is 35.2 Å². The topological polar surface area (TPSA) is 23.5 Å². The second kappa shape index (κ2) is 4.24. The van der Waals surface area contributed by atoms with Crippen LogP contribution in [0.15, 0.2) is 0 Å². The molecule has 1 aliphatic heterocycles. The summed E-state index contributed by atoms with van der Waals surface area (Å²) >= 11 is 0. The van der Waals surface area contributed by atoms with Crippen LogP contribution in [0.5, 0.6) is 0 Å². The molecule has 0 aromatic heterocycles. The molecule has 1 fully saturated rings. The zero-order valence-corrected chi connectivity index (χ0v) is 8.45. The Bertz CT molecular complexity index is 136. The standard InChI is InChI=1S/C10H21NO/c1-8(2)11-6-4-5-10(7-12)9(11)3/h8-10,12H,4-7H2,1-3H3. The van der Waals surface area contributed by atoms with Gasteiger partial charge in [-0.1, -0.05) is 0 Å². The molecular weight excluding hydrogens is 150 g/mol. The van der Waals surface area contributed by atoms with Crippen molar-refractivity contribution in [2.75, 3.05) is 13.2 Å². The summed E-state index contributed by atoms with van der Waals surface area (Å²) in [4.78, 5) is 2.49. The van der Waals surface area contributed by atoms with Crippen LogP contribution >= 0.6 is 0 Å². The Balaban J connectivity index is 2.53. The van der Waals surface area contributed by atoms with Gasteiger partial charge in [0.2, 0.25) is 0 Å². The lowest BCUT2D eigenvalue weighted by Crippen LogP contribution is -2.47. The van der Waals surface area contributed by atoms with E-state index < -0.39 is 0 Å². The van der Waals surface area contributed by atoms with Crippen molar-refractivity contribution in [3.8, 4) is 0 Å². The van der Waals surface area contributed by atoms with E-state index in [0.29, 0.717) is 24.6 Å². The molecule has 0 bridgehead atoms. The first-order chi connectivity index (χ1) is 5.66. The highest BCUT2D eigenvalue weighted by Gasteiger charge is 2.28. The Morgan fingerprint density at radius 1 is 1.50 bits per heavy atom. The van der Waals surface area contributed by atoms with Gasteiger partial charge in [0.05, 0.1) is 0 Å². The first-order valence-corrected chi connectivity index (χ1v) is 5.03. The Kier molecular flexibility index (Phi) is 3.53. The van der Waals surface area contributed by atoms with Crippen molar-refractivity contribution >= 4 is 0 Å². The zero-order valence-electron chi connectivity index (χ0n) is 8.45. The Morgan fingerprint density at radius 3 is 2.67 bits per heavy atom. The molecule has 2 unspecified atom stereocenters. The average molecular weight is 171 g/mol. The van der Waals surface area contributed by atoms with Crippen LogP contribution in [0.4, 0.5) is 0 Å². The minimum atomic E-state index is 0.352. The minimum Gasteiger partial charge on any atom is -0.396 e. The molecule has 0 aromatic carbocycles. The van der Waals surface area contributed by atoms with E-state index in [-0.39, 0.29) is 0 Å². The van der Waals surface area contributed by atoms with Crippen LogP contribution in [0.25, 0.3) is 0 Å². The van der Waals surface area contributed by atoms with Gasteiger partial charge < -0.3 is 5.11 Å². The van der Waals surface area contributed by atoms with Crippen molar-refractivity contribution in [1.29, 1.82) is 0 Å². The summed E-state index contributed by atoms with van der Waals surface area (Å²) in [5.41, 5.74) is 0. The molecule has 1 heterocycles. The number of piperidine rings is 1. The number of hydrogen-bond donors (Lipinski definition) is 1. The van der Waals surface area contributed by atoms with Crippen molar-refractivity contribution in [2.24, 2.45) is 5.92 Å². The Morgan fingerprint density at radius 2 is 2.17 bits per heavy atom. The predicted octanol–water partition coefficient (Wildman–Crippen LogP) is 1.49. The number of aliphatic hydroxyl groups is 1. The molecule has 0 amide bonds. The minimum absolute atomic E-state index is 0.352. The molecule has 2 nitrogen and oxygen atoms in total. The van der Waals surface area contributed by atoms with E-state index in [1.807, 2.05) is 0 Å². The molecule has 0 aromatic rings. The first kappa shape index (κ1) is 10.0. The normalized spacial score (nSPS) is 32.8. The molecule has 0 saturated carbocycles. The van der Waals surface area contributed by atoms with Crippen LogP contribution in [0.2, 0.25) is 0 Å². The molecule has 1 N–H and O–H groups in total. The van der Waals surface area contributed by atoms with E-state index in [0.717, 1.165) is 0 Å². The van der Waals surface area contributed by atoms with Gasteiger partial charge in [-0.25, -0.2) is 0 Å². The molecule has 72 valence electrons. The van der Waals surface area contributed by atoms with Gasteiger partial charge in [0, 0.05) is 18.7 Å². The van der Waals surface area contributed by atoms with Gasteiger partial charge in [0.1, 0.15) is 0 Å². The first-order valence-electron chi connectivity index (χ1n) is 5.03. The fourth-order valence-corrected chi connectivity index (χ4v) is 2.22. The quantitative estimate of drug-likeness (QED) is 0.680. The lowest BCUT2D eigenvalue weighted by molar-refractivity contribution is 0.0450. The molecule has 12 heavy (non-hydrogen) atoms. The van der Waals surface area contributed by atoms with Crippen LogP contribution in [-0.2, 0) is 0 Å². The highest BCUT2D eigenvalue weighted by molar-refractivity contribution is 4.82. The number of hydrogen-bond acceptors (Lipinski definition) is 2. The third-order valence-corrected chi connectivity index (χ3v) is 3.09. The third-order valence-electron chi connectivity index (χ3n) is 3.09. The maximum Gasteiger partial charge on any atom is 0.0474 e. The highest BCUT2D eigenvalue weighted by atomic mass is 16.3. The highest BCUT2D eigenvalue weighted by Crippen LogP contribution is 2.24. The van der Waals surface area contributed by atoms with Crippen molar-refractivity contribution in [2.45, 2.75) is 45.7 Å². The van der Waals surface area contributed by atoms with Crippen LogP contribution in [0.1, 0.15) is 33.6 Å². The number of nitrogens with zero attached hydrogens (tertiary/aromatic N) is 1. The summed E-state index contributed by atoms with van der Waals surface area (Å²) in [6.45, 7) is 8.26. The Hall–Kier alpha value is -0.0800. The van der Waals surface area contributed by atoms with Crippen molar-refractivity contribution < 1.29 is 5.11 Å². The lowest BCUT2D eigenvalue weighted by Gasteiger charge is -2.41. The maximum absolute atomic E-state index is 9.13. The molecule has 1 saturated heterocycles. The van der Waals surface area contributed by atoms with E-state index in [1.165, 1.54) is 19.4 Å². The van der Waals surface area contributed by atoms with E-state index in [9.17, 15) is 0 Å². The van der Waals surface area contributed by atoms with Crippen molar-refractivity contribution in [3.05, 3.63) is 0 Å². The SMILES string of the molecule is CC(C)N1CCCC(CO)C1C. The fourth-order valence-electron chi connectivity index (χ4n) is 2.22. The fraction of sp³-hybridized carbons (Fsp3) is 1.00. The van der Waals surface area contributed by atoms with Gasteiger partial charge >= 0.3 is 0 Å². The molecule has 0 spiro atoms. The monoisotopic (exact) mass is 171 g/mol. The third kappa shape index (κ3) is 1.99. The van der Waals surface area contributed by atoms with Crippen LogP contribution in [0.3, 0.4) is 0 Å². The van der Waals surface area contributed by atoms with E-state index >= 15 is 0 Å². The summed E-state index contributed by atoms with van der Waals surface area (Å²) in [6.07, 6.45) is 2.44. The van der Waals surface area contributed by atoms with Crippen molar-refractivity contribution in [3.63, 3.8) is 0 Å². The average Bonchev–Trinajstić information content (AvgIpc) is 2.04. The van der Waals surface area contributed by atoms with Gasteiger partial charge in [0.25, 0.3) is 0 Å². The maximum atomic E-state index is 9.13. The number of likely N-dealkylation sites (tertiary alicyclic amines) is 1. The zero-order chi connectivity index (χ0) is 9.14. The molecular formula is C10H21NO. The number of aliphatic hydroxyl groups excluding tert-OH is 1. The number of rotatable bonds is 2. The molecule has 0 aliphatic carbocycles. The molecule has 1 rings (SSSR count). The van der Waals surface area contributed by atoms with Gasteiger partial charge in [0.15, 0.2) is 0 Å². The largest absolute Gasteiger partial charge is 0.396 e. The van der Waals surface area contributed by atoms with E-state index in [1.54, 1.807) is 0 Å². The van der Waals surface area contributed by atoms with Crippen LogP contribution in [0, 0.1) is 5.92 Å². The van der Waals surface area contributed by atoms with Crippen molar-refractivity contribution in [1.82, 2.24) is 4.90 Å². The second-order valence-electron chi connectivity index (χ2n) is 4.16. The second-order valence-corrected chi connectivity index (χ2v) is 4.16.